The molecule has 0 aliphatic rings. The van der Waals surface area contributed by atoms with Gasteiger partial charge in [0.15, 0.2) is 0 Å². The molecular weight excluding hydrogens is 386 g/mol. The van der Waals surface area contributed by atoms with Crippen molar-refractivity contribution in [3.05, 3.63) is 59.7 Å². The number of hydrogen-bond donors (Lipinski definition) is 1. The van der Waals surface area contributed by atoms with Crippen molar-refractivity contribution < 1.29 is 17.2 Å². The van der Waals surface area contributed by atoms with Crippen LogP contribution >= 0.6 is 0 Å². The van der Waals surface area contributed by atoms with E-state index >= 15 is 0 Å². The van der Waals surface area contributed by atoms with E-state index in [1.807, 2.05) is 14.1 Å². The Kier molecular flexibility index (Phi) is 5.16. The zero-order chi connectivity index (χ0) is 20.5. The van der Waals surface area contributed by atoms with Gasteiger partial charge in [0, 0.05) is 31.1 Å². The van der Waals surface area contributed by atoms with Gasteiger partial charge in [-0.15, -0.1) is 0 Å². The second-order valence-corrected chi connectivity index (χ2v) is 7.90. The summed E-state index contributed by atoms with van der Waals surface area (Å²) in [5.74, 6) is -1.18. The van der Waals surface area contributed by atoms with Crippen LogP contribution in [0.1, 0.15) is 5.56 Å². The number of nitrogens with zero attached hydrogens (tertiary/aromatic N) is 3. The Labute approximate surface area is 161 Å². The zero-order valence-electron chi connectivity index (χ0n) is 15.1. The molecule has 3 aromatic rings. The molecule has 0 amide bonds. The smallest absolute Gasteiger partial charge is 0.262 e. The van der Waals surface area contributed by atoms with Crippen LogP contribution in [-0.2, 0) is 16.4 Å². The van der Waals surface area contributed by atoms with Gasteiger partial charge in [-0.3, -0.25) is 4.72 Å². The number of fused-ring (bicyclic) bond motifs is 1. The Morgan fingerprint density at radius 1 is 1.14 bits per heavy atom. The van der Waals surface area contributed by atoms with E-state index in [2.05, 4.69) is 9.71 Å². The second kappa shape index (κ2) is 7.40. The molecule has 0 fully saturated rings. The molecule has 0 radical (unpaired) electrons. The summed E-state index contributed by atoms with van der Waals surface area (Å²) in [6.45, 7) is 0. The molecule has 9 heteroatoms. The van der Waals surface area contributed by atoms with Crippen LogP contribution in [0.15, 0.2) is 47.4 Å². The normalized spacial score (nSPS) is 11.2. The Morgan fingerprint density at radius 2 is 1.89 bits per heavy atom. The third-order valence-corrected chi connectivity index (χ3v) is 5.50. The highest BCUT2D eigenvalue weighted by molar-refractivity contribution is 7.93. The lowest BCUT2D eigenvalue weighted by Crippen LogP contribution is -2.15. The van der Waals surface area contributed by atoms with Gasteiger partial charge in [0.05, 0.1) is 28.6 Å². The summed E-state index contributed by atoms with van der Waals surface area (Å²) in [5.41, 5.74) is -0.229. The summed E-state index contributed by atoms with van der Waals surface area (Å²) in [7, 11) is -0.594. The minimum absolute atomic E-state index is 0.108. The van der Waals surface area contributed by atoms with Crippen molar-refractivity contribution in [1.29, 1.82) is 5.26 Å². The topological polar surface area (TPSA) is 86.1 Å². The van der Waals surface area contributed by atoms with Crippen molar-refractivity contribution >= 4 is 32.4 Å². The molecular formula is C19H16F2N4O2S. The maximum Gasteiger partial charge on any atom is 0.262 e. The first kappa shape index (κ1) is 19.5. The van der Waals surface area contributed by atoms with Gasteiger partial charge < -0.3 is 4.90 Å². The molecule has 0 atom stereocenters. The summed E-state index contributed by atoms with van der Waals surface area (Å²) < 4.78 is 55.9. The number of anilines is 2. The van der Waals surface area contributed by atoms with E-state index in [9.17, 15) is 17.2 Å². The van der Waals surface area contributed by atoms with Gasteiger partial charge in [0.1, 0.15) is 17.5 Å². The third kappa shape index (κ3) is 3.73. The van der Waals surface area contributed by atoms with E-state index in [0.717, 1.165) is 12.1 Å². The minimum atomic E-state index is -4.21. The quantitative estimate of drug-likeness (QED) is 0.707. The number of nitrogens with one attached hydrogen (secondary N) is 1. The summed E-state index contributed by atoms with van der Waals surface area (Å²) in [5, 5.41) is 8.98. The van der Waals surface area contributed by atoms with Gasteiger partial charge in [-0.05, 0) is 30.3 Å². The van der Waals surface area contributed by atoms with Gasteiger partial charge in [-0.2, -0.15) is 5.26 Å². The Bertz CT molecular complexity index is 1200. The fraction of sp³-hybridized carbons (Fsp3) is 0.158. The Balaban J connectivity index is 2.05. The number of aromatic nitrogens is 1. The SMILES string of the molecule is CN(C)c1ccc2c(S(=O)(=O)Nc3cc(F)c(CC#N)cc3F)cccc2n1. The van der Waals surface area contributed by atoms with Crippen molar-refractivity contribution in [1.82, 2.24) is 4.98 Å². The van der Waals surface area contributed by atoms with Crippen molar-refractivity contribution in [3.8, 4) is 6.07 Å². The molecule has 0 aliphatic heterocycles. The average Bonchev–Trinajstić information content (AvgIpc) is 2.64. The van der Waals surface area contributed by atoms with E-state index in [1.54, 1.807) is 29.2 Å². The average molecular weight is 402 g/mol. The fourth-order valence-electron chi connectivity index (χ4n) is 2.69. The second-order valence-electron chi connectivity index (χ2n) is 6.25. The van der Waals surface area contributed by atoms with Crippen LogP contribution in [-0.4, -0.2) is 27.5 Å². The summed E-state index contributed by atoms with van der Waals surface area (Å²) in [6, 6.07) is 11.1. The standard InChI is InChI=1S/C19H16F2N4O2S/c1-25(2)19-7-6-13-16(23-19)4-3-5-18(13)28(26,27)24-17-11-14(20)12(8-9-22)10-15(17)21/h3-7,10-11,24H,8H2,1-2H3. The maximum absolute atomic E-state index is 14.2. The van der Waals surface area contributed by atoms with E-state index in [-0.39, 0.29) is 16.9 Å². The van der Waals surface area contributed by atoms with Crippen LogP contribution in [0.25, 0.3) is 10.9 Å². The minimum Gasteiger partial charge on any atom is -0.363 e. The van der Waals surface area contributed by atoms with Gasteiger partial charge in [-0.1, -0.05) is 6.07 Å². The van der Waals surface area contributed by atoms with Crippen molar-refractivity contribution in [2.75, 3.05) is 23.7 Å². The zero-order valence-corrected chi connectivity index (χ0v) is 15.9. The number of benzene rings is 2. The van der Waals surface area contributed by atoms with Gasteiger partial charge in [0.25, 0.3) is 10.0 Å². The third-order valence-electron chi connectivity index (χ3n) is 4.07. The molecule has 3 rings (SSSR count). The molecule has 2 aromatic carbocycles. The van der Waals surface area contributed by atoms with E-state index in [0.29, 0.717) is 16.7 Å². The number of nitriles is 1. The van der Waals surface area contributed by atoms with Gasteiger partial charge in [0.2, 0.25) is 0 Å². The molecule has 0 saturated heterocycles. The molecule has 28 heavy (non-hydrogen) atoms. The highest BCUT2D eigenvalue weighted by Gasteiger charge is 2.21. The number of pyridine rings is 1. The lowest BCUT2D eigenvalue weighted by Gasteiger charge is -2.14. The molecule has 1 heterocycles. The molecule has 0 spiro atoms. The maximum atomic E-state index is 14.2. The van der Waals surface area contributed by atoms with Crippen molar-refractivity contribution in [2.45, 2.75) is 11.3 Å². The Morgan fingerprint density at radius 3 is 2.57 bits per heavy atom. The molecule has 144 valence electrons. The predicted molar refractivity (Wildman–Crippen MR) is 103 cm³/mol. The fourth-order valence-corrected chi connectivity index (χ4v) is 3.96. The number of halogens is 2. The highest BCUT2D eigenvalue weighted by Crippen LogP contribution is 2.27. The summed E-state index contributed by atoms with van der Waals surface area (Å²) >= 11 is 0. The summed E-state index contributed by atoms with van der Waals surface area (Å²) in [4.78, 5) is 6.06. The molecule has 1 aromatic heterocycles. The van der Waals surface area contributed by atoms with Gasteiger partial charge in [-0.25, -0.2) is 22.2 Å². The largest absolute Gasteiger partial charge is 0.363 e. The van der Waals surface area contributed by atoms with Crippen molar-refractivity contribution in [3.63, 3.8) is 0 Å². The first-order valence-electron chi connectivity index (χ1n) is 8.17. The predicted octanol–water partition coefficient (Wildman–Crippen LogP) is 3.45. The number of hydrogen-bond acceptors (Lipinski definition) is 5. The lowest BCUT2D eigenvalue weighted by molar-refractivity contribution is 0.589. The molecule has 0 unspecified atom stereocenters. The molecule has 6 nitrogen and oxygen atoms in total. The van der Waals surface area contributed by atoms with Crippen LogP contribution < -0.4 is 9.62 Å². The van der Waals surface area contributed by atoms with Crippen LogP contribution in [0.3, 0.4) is 0 Å². The number of rotatable bonds is 5. The summed E-state index contributed by atoms with van der Waals surface area (Å²) in [6.07, 6.45) is -0.320. The Hall–Kier alpha value is -3.25. The van der Waals surface area contributed by atoms with Crippen LogP contribution in [0.4, 0.5) is 20.3 Å². The van der Waals surface area contributed by atoms with E-state index in [1.165, 1.54) is 12.1 Å². The van der Waals surface area contributed by atoms with E-state index in [4.69, 9.17) is 5.26 Å². The van der Waals surface area contributed by atoms with Crippen molar-refractivity contribution in [2.24, 2.45) is 0 Å². The molecule has 0 bridgehead atoms. The van der Waals surface area contributed by atoms with Crippen LogP contribution in [0.5, 0.6) is 0 Å². The first-order chi connectivity index (χ1) is 13.2. The van der Waals surface area contributed by atoms with Gasteiger partial charge >= 0.3 is 0 Å². The molecule has 0 aliphatic carbocycles. The number of sulfonamides is 1. The van der Waals surface area contributed by atoms with E-state index < -0.39 is 27.3 Å². The van der Waals surface area contributed by atoms with Crippen LogP contribution in [0, 0.1) is 23.0 Å². The van der Waals surface area contributed by atoms with Crippen LogP contribution in [0.2, 0.25) is 0 Å². The highest BCUT2D eigenvalue weighted by atomic mass is 32.2. The first-order valence-corrected chi connectivity index (χ1v) is 9.66. The molecule has 1 N–H and O–H groups in total. The lowest BCUT2D eigenvalue weighted by atomic mass is 10.1. The monoisotopic (exact) mass is 402 g/mol. The molecule has 0 saturated carbocycles.